The van der Waals surface area contributed by atoms with Crippen molar-refractivity contribution in [3.05, 3.63) is 50.2 Å². The lowest BCUT2D eigenvalue weighted by molar-refractivity contribution is 0.0952. The molecule has 1 heterocycles. The molecule has 1 aromatic carbocycles. The van der Waals surface area contributed by atoms with Gasteiger partial charge in [0.15, 0.2) is 0 Å². The van der Waals surface area contributed by atoms with E-state index in [0.717, 1.165) is 4.88 Å². The summed E-state index contributed by atoms with van der Waals surface area (Å²) in [7, 11) is 0. The van der Waals surface area contributed by atoms with Crippen LogP contribution in [-0.4, -0.2) is 5.91 Å². The molecule has 0 atom stereocenters. The lowest BCUT2D eigenvalue weighted by Crippen LogP contribution is -2.23. The highest BCUT2D eigenvalue weighted by molar-refractivity contribution is 7.12. The van der Waals surface area contributed by atoms with Gasteiger partial charge in [-0.15, -0.1) is 11.3 Å². The minimum Gasteiger partial charge on any atom is -0.398 e. The molecule has 0 aliphatic heterocycles. The minimum atomic E-state index is -0.244. The highest BCUT2D eigenvalue weighted by Crippen LogP contribution is 2.23. The third kappa shape index (κ3) is 3.08. The van der Waals surface area contributed by atoms with E-state index in [1.54, 1.807) is 29.5 Å². The van der Waals surface area contributed by atoms with Crippen LogP contribution < -0.4 is 11.1 Å². The van der Waals surface area contributed by atoms with Gasteiger partial charge < -0.3 is 11.1 Å². The van der Waals surface area contributed by atoms with E-state index in [-0.39, 0.29) is 5.91 Å². The van der Waals surface area contributed by atoms with Crippen molar-refractivity contribution in [2.75, 3.05) is 5.73 Å². The van der Waals surface area contributed by atoms with Gasteiger partial charge >= 0.3 is 0 Å². The zero-order valence-electron chi connectivity index (χ0n) is 10.8. The maximum atomic E-state index is 12.1. The Balaban J connectivity index is 2.09. The monoisotopic (exact) mass is 294 g/mol. The Morgan fingerprint density at radius 2 is 2.16 bits per heavy atom. The van der Waals surface area contributed by atoms with E-state index in [4.69, 9.17) is 17.3 Å². The zero-order valence-corrected chi connectivity index (χ0v) is 12.4. The van der Waals surface area contributed by atoms with Crippen LogP contribution in [0.5, 0.6) is 0 Å². The van der Waals surface area contributed by atoms with Crippen molar-refractivity contribution in [3.8, 4) is 0 Å². The van der Waals surface area contributed by atoms with Crippen molar-refractivity contribution in [1.82, 2.24) is 5.32 Å². The van der Waals surface area contributed by atoms with Gasteiger partial charge in [-0.1, -0.05) is 17.7 Å². The molecule has 2 rings (SSSR count). The van der Waals surface area contributed by atoms with Crippen LogP contribution >= 0.6 is 22.9 Å². The molecule has 0 radical (unpaired) electrons. The second-order valence-electron chi connectivity index (χ2n) is 4.34. The Hall–Kier alpha value is -1.52. The van der Waals surface area contributed by atoms with Crippen LogP contribution in [0.2, 0.25) is 5.02 Å². The average Bonchev–Trinajstić information content (AvgIpc) is 2.66. The van der Waals surface area contributed by atoms with Crippen molar-refractivity contribution in [3.63, 3.8) is 0 Å². The van der Waals surface area contributed by atoms with E-state index in [0.29, 0.717) is 22.8 Å². The molecular weight excluding hydrogens is 280 g/mol. The predicted octanol–water partition coefficient (Wildman–Crippen LogP) is 3.53. The summed E-state index contributed by atoms with van der Waals surface area (Å²) < 4.78 is 0. The quantitative estimate of drug-likeness (QED) is 0.851. The molecule has 0 spiro atoms. The summed E-state index contributed by atoms with van der Waals surface area (Å²) in [6.07, 6.45) is 0. The third-order valence-corrected chi connectivity index (χ3v) is 4.38. The molecule has 0 saturated carbocycles. The normalized spacial score (nSPS) is 10.5. The van der Waals surface area contributed by atoms with E-state index in [9.17, 15) is 4.79 Å². The Bertz CT molecular complexity index is 582. The molecule has 0 aliphatic carbocycles. The first kappa shape index (κ1) is 13.9. The van der Waals surface area contributed by atoms with Crippen LogP contribution in [0.15, 0.2) is 24.3 Å². The van der Waals surface area contributed by atoms with Crippen molar-refractivity contribution in [2.24, 2.45) is 0 Å². The Morgan fingerprint density at radius 3 is 2.74 bits per heavy atom. The van der Waals surface area contributed by atoms with Crippen LogP contribution in [0.3, 0.4) is 0 Å². The number of nitrogen functional groups attached to an aromatic ring is 1. The smallest absolute Gasteiger partial charge is 0.255 e. The Morgan fingerprint density at radius 1 is 1.42 bits per heavy atom. The van der Waals surface area contributed by atoms with Gasteiger partial charge in [0.2, 0.25) is 0 Å². The molecule has 2 aromatic rings. The number of carbonyl (C=O) groups excluding carboxylic acids is 1. The summed E-state index contributed by atoms with van der Waals surface area (Å²) in [4.78, 5) is 14.5. The number of aryl methyl sites for hydroxylation is 2. The number of hydrogen-bond acceptors (Lipinski definition) is 3. The van der Waals surface area contributed by atoms with Crippen molar-refractivity contribution >= 4 is 34.5 Å². The zero-order chi connectivity index (χ0) is 14.0. The molecule has 1 aromatic heterocycles. The van der Waals surface area contributed by atoms with Crippen molar-refractivity contribution in [1.29, 1.82) is 0 Å². The maximum absolute atomic E-state index is 12.1. The fourth-order valence-corrected chi connectivity index (χ4v) is 3.03. The van der Waals surface area contributed by atoms with E-state index >= 15 is 0 Å². The predicted molar refractivity (Wildman–Crippen MR) is 80.8 cm³/mol. The SMILES string of the molecule is Cc1cc(CNC(=O)c2c(N)cccc2Cl)sc1C. The van der Waals surface area contributed by atoms with E-state index in [1.165, 1.54) is 10.4 Å². The maximum Gasteiger partial charge on any atom is 0.255 e. The van der Waals surface area contributed by atoms with Gasteiger partial charge in [-0.3, -0.25) is 4.79 Å². The van der Waals surface area contributed by atoms with Crippen molar-refractivity contribution in [2.45, 2.75) is 20.4 Å². The number of nitrogens with one attached hydrogen (secondary N) is 1. The van der Waals surface area contributed by atoms with Gasteiger partial charge in [-0.05, 0) is 37.6 Å². The molecule has 0 saturated heterocycles. The van der Waals surface area contributed by atoms with Gasteiger partial charge in [0.25, 0.3) is 5.91 Å². The van der Waals surface area contributed by atoms with Gasteiger partial charge in [0.1, 0.15) is 0 Å². The molecule has 100 valence electrons. The molecule has 3 N–H and O–H groups in total. The molecule has 0 unspecified atom stereocenters. The Kier molecular flexibility index (Phi) is 4.12. The molecule has 0 fully saturated rings. The lowest BCUT2D eigenvalue weighted by Gasteiger charge is -2.08. The summed E-state index contributed by atoms with van der Waals surface area (Å²) in [5.74, 6) is -0.244. The summed E-state index contributed by atoms with van der Waals surface area (Å²) in [6, 6.07) is 7.13. The first-order chi connectivity index (χ1) is 8.99. The van der Waals surface area contributed by atoms with E-state index in [1.807, 2.05) is 0 Å². The molecule has 5 heteroatoms. The molecule has 3 nitrogen and oxygen atoms in total. The van der Waals surface area contributed by atoms with Crippen LogP contribution in [0.1, 0.15) is 25.7 Å². The topological polar surface area (TPSA) is 55.1 Å². The molecule has 0 bridgehead atoms. The van der Waals surface area contributed by atoms with Crippen LogP contribution in [-0.2, 0) is 6.54 Å². The molecule has 19 heavy (non-hydrogen) atoms. The lowest BCUT2D eigenvalue weighted by atomic mass is 10.1. The minimum absolute atomic E-state index is 0.244. The number of hydrogen-bond donors (Lipinski definition) is 2. The average molecular weight is 295 g/mol. The highest BCUT2D eigenvalue weighted by Gasteiger charge is 2.13. The fourth-order valence-electron chi connectivity index (χ4n) is 1.77. The van der Waals surface area contributed by atoms with Gasteiger partial charge in [0, 0.05) is 15.4 Å². The van der Waals surface area contributed by atoms with Crippen LogP contribution in [0, 0.1) is 13.8 Å². The number of halogens is 1. The molecule has 0 aliphatic rings. The largest absolute Gasteiger partial charge is 0.398 e. The van der Waals surface area contributed by atoms with Crippen molar-refractivity contribution < 1.29 is 4.79 Å². The summed E-state index contributed by atoms with van der Waals surface area (Å²) in [5, 5.41) is 3.22. The number of anilines is 1. The van der Waals surface area contributed by atoms with Gasteiger partial charge in [-0.2, -0.15) is 0 Å². The fraction of sp³-hybridized carbons (Fsp3) is 0.214. The number of amides is 1. The first-order valence-corrected chi connectivity index (χ1v) is 7.06. The second-order valence-corrected chi connectivity index (χ2v) is 6.09. The third-order valence-electron chi connectivity index (χ3n) is 2.91. The van der Waals surface area contributed by atoms with Crippen LogP contribution in [0.25, 0.3) is 0 Å². The molecule has 1 amide bonds. The summed E-state index contributed by atoms with van der Waals surface area (Å²) >= 11 is 7.68. The molecular formula is C14H15ClN2OS. The highest BCUT2D eigenvalue weighted by atomic mass is 35.5. The van der Waals surface area contributed by atoms with Gasteiger partial charge in [0.05, 0.1) is 17.1 Å². The summed E-state index contributed by atoms with van der Waals surface area (Å²) in [6.45, 7) is 4.61. The standard InChI is InChI=1S/C14H15ClN2OS/c1-8-6-10(19-9(8)2)7-17-14(18)13-11(15)4-3-5-12(13)16/h3-6H,7,16H2,1-2H3,(H,17,18). The second kappa shape index (κ2) is 5.63. The number of carbonyl (C=O) groups is 1. The van der Waals surface area contributed by atoms with Gasteiger partial charge in [-0.25, -0.2) is 0 Å². The number of thiophene rings is 1. The Labute approximate surface area is 121 Å². The van der Waals surface area contributed by atoms with E-state index < -0.39 is 0 Å². The van der Waals surface area contributed by atoms with Crippen LogP contribution in [0.4, 0.5) is 5.69 Å². The number of nitrogens with two attached hydrogens (primary N) is 1. The summed E-state index contributed by atoms with van der Waals surface area (Å²) in [5.41, 5.74) is 7.75. The number of benzene rings is 1. The van der Waals surface area contributed by atoms with E-state index in [2.05, 4.69) is 25.2 Å². The first-order valence-electron chi connectivity index (χ1n) is 5.87. The number of rotatable bonds is 3.